The lowest BCUT2D eigenvalue weighted by Crippen LogP contribution is -2.62. The molecule has 0 atom stereocenters. The fraction of sp³-hybridized carbons (Fsp3) is 0.762. The third-order valence-electron chi connectivity index (χ3n) is 7.27. The highest BCUT2D eigenvalue weighted by Gasteiger charge is 2.51. The molecule has 146 valence electrons. The van der Waals surface area contributed by atoms with Gasteiger partial charge in [-0.05, 0) is 63.2 Å². The highest BCUT2D eigenvalue weighted by atomic mass is 16.2. The van der Waals surface area contributed by atoms with Crippen LogP contribution in [0.5, 0.6) is 0 Å². The Morgan fingerprint density at radius 1 is 1.11 bits per heavy atom. The molecule has 1 aliphatic heterocycles. The van der Waals surface area contributed by atoms with Crippen LogP contribution < -0.4 is 10.2 Å². The van der Waals surface area contributed by atoms with Crippen LogP contribution in [-0.2, 0) is 13.0 Å². The van der Waals surface area contributed by atoms with E-state index in [-0.39, 0.29) is 11.6 Å². The summed E-state index contributed by atoms with van der Waals surface area (Å²) in [4.78, 5) is 26.5. The number of aromatic nitrogens is 2. The van der Waals surface area contributed by atoms with E-state index in [1.165, 1.54) is 38.5 Å². The van der Waals surface area contributed by atoms with Crippen molar-refractivity contribution in [2.75, 3.05) is 25.5 Å². The Bertz CT molecular complexity index is 739. The molecule has 2 heterocycles. The number of nitrogens with zero attached hydrogens (tertiary/aromatic N) is 4. The summed E-state index contributed by atoms with van der Waals surface area (Å²) in [5.74, 6) is 4.29. The average Bonchev–Trinajstić information content (AvgIpc) is 2.58. The van der Waals surface area contributed by atoms with Gasteiger partial charge in [0.15, 0.2) is 0 Å². The van der Waals surface area contributed by atoms with E-state index in [0.717, 1.165) is 53.6 Å². The summed E-state index contributed by atoms with van der Waals surface area (Å²) in [6, 6.07) is 0.118. The Labute approximate surface area is 161 Å². The van der Waals surface area contributed by atoms with Gasteiger partial charge >= 0.3 is 6.03 Å². The molecule has 4 saturated carbocycles. The van der Waals surface area contributed by atoms with Gasteiger partial charge in [0, 0.05) is 38.2 Å². The van der Waals surface area contributed by atoms with E-state index in [0.29, 0.717) is 6.54 Å². The number of hydrogen-bond donors (Lipinski definition) is 1. The van der Waals surface area contributed by atoms with Crippen LogP contribution in [0, 0.1) is 24.7 Å². The van der Waals surface area contributed by atoms with Gasteiger partial charge in [-0.3, -0.25) is 0 Å². The fourth-order valence-electron chi connectivity index (χ4n) is 6.63. The van der Waals surface area contributed by atoms with Crippen molar-refractivity contribution >= 4 is 11.8 Å². The van der Waals surface area contributed by atoms with Crippen molar-refractivity contribution < 1.29 is 4.79 Å². The predicted molar refractivity (Wildman–Crippen MR) is 105 cm³/mol. The zero-order chi connectivity index (χ0) is 18.8. The first-order valence-corrected chi connectivity index (χ1v) is 10.5. The zero-order valence-corrected chi connectivity index (χ0v) is 16.8. The van der Waals surface area contributed by atoms with Crippen molar-refractivity contribution in [2.24, 2.45) is 17.8 Å². The number of carbonyl (C=O) groups excluding carboxylic acids is 1. The molecule has 0 radical (unpaired) electrons. The first kappa shape index (κ1) is 17.3. The predicted octanol–water partition coefficient (Wildman–Crippen LogP) is 2.89. The highest BCUT2D eigenvalue weighted by molar-refractivity contribution is 5.76. The average molecular weight is 370 g/mol. The molecular weight excluding hydrogens is 338 g/mol. The maximum Gasteiger partial charge on any atom is 0.318 e. The minimum Gasteiger partial charge on any atom is -0.362 e. The minimum absolute atomic E-state index is 0.0697. The molecule has 0 aromatic carbocycles. The van der Waals surface area contributed by atoms with Gasteiger partial charge < -0.3 is 15.1 Å². The molecule has 4 fully saturated rings. The van der Waals surface area contributed by atoms with Crippen LogP contribution in [0.2, 0.25) is 0 Å². The van der Waals surface area contributed by atoms with E-state index in [1.807, 2.05) is 30.8 Å². The van der Waals surface area contributed by atoms with Gasteiger partial charge in [-0.15, -0.1) is 0 Å². The molecule has 4 aliphatic carbocycles. The van der Waals surface area contributed by atoms with Crippen LogP contribution in [0.1, 0.15) is 55.6 Å². The smallest absolute Gasteiger partial charge is 0.318 e. The third kappa shape index (κ3) is 2.97. The summed E-state index contributed by atoms with van der Waals surface area (Å²) < 4.78 is 0. The van der Waals surface area contributed by atoms with E-state index in [4.69, 9.17) is 0 Å². The largest absolute Gasteiger partial charge is 0.362 e. The molecule has 4 bridgehead atoms. The molecule has 0 unspecified atom stereocenters. The number of anilines is 1. The van der Waals surface area contributed by atoms with Gasteiger partial charge in [-0.1, -0.05) is 0 Å². The molecule has 6 rings (SSSR count). The molecule has 6 heteroatoms. The molecular formula is C21H31N5O. The lowest BCUT2D eigenvalue weighted by Gasteiger charge is -2.57. The summed E-state index contributed by atoms with van der Waals surface area (Å²) in [7, 11) is 4.02. The van der Waals surface area contributed by atoms with Crippen molar-refractivity contribution in [2.45, 2.75) is 64.0 Å². The molecule has 2 amide bonds. The fourth-order valence-corrected chi connectivity index (χ4v) is 6.63. The lowest BCUT2D eigenvalue weighted by molar-refractivity contribution is -0.0159. The van der Waals surface area contributed by atoms with Gasteiger partial charge in [-0.2, -0.15) is 0 Å². The topological polar surface area (TPSA) is 61.4 Å². The third-order valence-corrected chi connectivity index (χ3v) is 7.27. The van der Waals surface area contributed by atoms with Crippen LogP contribution in [0.15, 0.2) is 0 Å². The second kappa shape index (κ2) is 6.08. The van der Waals surface area contributed by atoms with Crippen LogP contribution in [0.4, 0.5) is 10.6 Å². The molecule has 6 nitrogen and oxygen atoms in total. The Balaban J connectivity index is 1.34. The first-order chi connectivity index (χ1) is 12.9. The van der Waals surface area contributed by atoms with E-state index >= 15 is 0 Å². The lowest BCUT2D eigenvalue weighted by atomic mass is 9.53. The minimum atomic E-state index is 0.0697. The van der Waals surface area contributed by atoms with Crippen molar-refractivity contribution in [3.8, 4) is 0 Å². The number of aryl methyl sites for hydroxylation is 1. The first-order valence-electron chi connectivity index (χ1n) is 10.5. The maximum absolute atomic E-state index is 13.2. The zero-order valence-electron chi connectivity index (χ0n) is 16.8. The normalized spacial score (nSPS) is 33.7. The number of rotatable bonds is 2. The molecule has 0 saturated heterocycles. The van der Waals surface area contributed by atoms with Gasteiger partial charge in [0.25, 0.3) is 0 Å². The number of urea groups is 1. The number of carbonyl (C=O) groups is 1. The summed E-state index contributed by atoms with van der Waals surface area (Å²) in [5, 5.41) is 3.52. The van der Waals surface area contributed by atoms with Crippen molar-refractivity contribution in [1.29, 1.82) is 0 Å². The molecule has 1 aromatic heterocycles. The quantitative estimate of drug-likeness (QED) is 0.871. The number of fused-ring (bicyclic) bond motifs is 1. The van der Waals surface area contributed by atoms with Crippen LogP contribution in [0.3, 0.4) is 0 Å². The molecule has 0 spiro atoms. The summed E-state index contributed by atoms with van der Waals surface area (Å²) in [5.41, 5.74) is 2.28. The van der Waals surface area contributed by atoms with E-state index in [2.05, 4.69) is 15.3 Å². The summed E-state index contributed by atoms with van der Waals surface area (Å²) in [6.07, 6.45) is 8.59. The maximum atomic E-state index is 13.2. The number of nitrogens with one attached hydrogen (secondary N) is 1. The Morgan fingerprint density at radius 2 is 1.74 bits per heavy atom. The number of amides is 2. The van der Waals surface area contributed by atoms with Crippen LogP contribution in [0.25, 0.3) is 0 Å². The van der Waals surface area contributed by atoms with Crippen molar-refractivity contribution in [1.82, 2.24) is 20.2 Å². The molecule has 1 aromatic rings. The van der Waals surface area contributed by atoms with Crippen LogP contribution in [-0.4, -0.2) is 47.1 Å². The summed E-state index contributed by atoms with van der Waals surface area (Å²) in [6.45, 7) is 3.30. The monoisotopic (exact) mass is 369 g/mol. The SMILES string of the molecule is Cc1nc2c(c(N(C)C)n1)CN(C(=O)NC13CC4CC(CC(C4)C1)C3)CC2. The van der Waals surface area contributed by atoms with E-state index < -0.39 is 0 Å². The van der Waals surface area contributed by atoms with Gasteiger partial charge in [0.2, 0.25) is 0 Å². The van der Waals surface area contributed by atoms with Gasteiger partial charge in [-0.25, -0.2) is 14.8 Å². The Morgan fingerprint density at radius 3 is 2.33 bits per heavy atom. The van der Waals surface area contributed by atoms with Gasteiger partial charge in [0.05, 0.1) is 12.2 Å². The Kier molecular flexibility index (Phi) is 3.89. The molecule has 5 aliphatic rings. The second-order valence-corrected chi connectivity index (χ2v) is 9.71. The van der Waals surface area contributed by atoms with Crippen molar-refractivity contribution in [3.05, 3.63) is 17.1 Å². The van der Waals surface area contributed by atoms with E-state index in [9.17, 15) is 4.79 Å². The standard InChI is InChI=1S/C21H31N5O/c1-13-22-18-4-5-26(12-17(18)19(23-13)25(2)3)20(27)24-21-9-14-6-15(10-21)8-16(7-14)11-21/h14-16H,4-12H2,1-3H3,(H,24,27). The molecule has 27 heavy (non-hydrogen) atoms. The van der Waals surface area contributed by atoms with Crippen LogP contribution >= 0.6 is 0 Å². The van der Waals surface area contributed by atoms with E-state index in [1.54, 1.807) is 0 Å². The second-order valence-electron chi connectivity index (χ2n) is 9.71. The number of hydrogen-bond acceptors (Lipinski definition) is 4. The highest BCUT2D eigenvalue weighted by Crippen LogP contribution is 2.55. The van der Waals surface area contributed by atoms with Gasteiger partial charge in [0.1, 0.15) is 11.6 Å². The Hall–Kier alpha value is -1.85. The molecule has 1 N–H and O–H groups in total. The summed E-state index contributed by atoms with van der Waals surface area (Å²) >= 11 is 0. The van der Waals surface area contributed by atoms with Crippen molar-refractivity contribution in [3.63, 3.8) is 0 Å².